The van der Waals surface area contributed by atoms with Gasteiger partial charge in [0.1, 0.15) is 18.5 Å². The molecule has 0 aliphatic heterocycles. The number of hydrogen-bond donors (Lipinski definition) is 0. The van der Waals surface area contributed by atoms with E-state index in [4.69, 9.17) is 21.1 Å². The fourth-order valence-electron chi connectivity index (χ4n) is 2.72. The number of carbonyl (C=O) groups excluding carboxylic acids is 1. The summed E-state index contributed by atoms with van der Waals surface area (Å²) in [4.78, 5) is 12.1. The lowest BCUT2D eigenvalue weighted by Crippen LogP contribution is -2.19. The van der Waals surface area contributed by atoms with Gasteiger partial charge in [-0.3, -0.25) is 0 Å². The summed E-state index contributed by atoms with van der Waals surface area (Å²) in [6.45, 7) is -0.471. The van der Waals surface area contributed by atoms with Crippen LogP contribution in [0, 0.1) is 0 Å². The molecule has 0 saturated carbocycles. The van der Waals surface area contributed by atoms with Crippen molar-refractivity contribution in [2.24, 2.45) is 0 Å². The Hall–Kier alpha value is -2.83. The molecule has 0 aliphatic carbocycles. The van der Waals surface area contributed by atoms with E-state index in [1.807, 2.05) is 0 Å². The van der Waals surface area contributed by atoms with E-state index in [9.17, 15) is 18.0 Å². The van der Waals surface area contributed by atoms with Crippen molar-refractivity contribution in [2.45, 2.75) is 12.3 Å². The SMILES string of the molecule is O=C(COC(c1ccccc1)c1cc(C(F)(F)F)ccc1Cl)Oc1ccccc1. The van der Waals surface area contributed by atoms with Crippen LogP contribution in [0.1, 0.15) is 22.8 Å². The van der Waals surface area contributed by atoms with Gasteiger partial charge in [-0.05, 0) is 35.9 Å². The molecule has 0 spiro atoms. The van der Waals surface area contributed by atoms with Crippen molar-refractivity contribution in [1.82, 2.24) is 0 Å². The van der Waals surface area contributed by atoms with Crippen LogP contribution in [0.15, 0.2) is 78.9 Å². The highest BCUT2D eigenvalue weighted by molar-refractivity contribution is 6.31. The Bertz CT molecular complexity index is 960. The van der Waals surface area contributed by atoms with Crippen molar-refractivity contribution in [1.29, 1.82) is 0 Å². The predicted octanol–water partition coefficient (Wildman–Crippen LogP) is 6.07. The first kappa shape index (κ1) is 20.9. The van der Waals surface area contributed by atoms with Crippen molar-refractivity contribution in [3.05, 3.63) is 101 Å². The number of alkyl halides is 3. The number of rotatable bonds is 6. The summed E-state index contributed by atoms with van der Waals surface area (Å²) in [6.07, 6.45) is -5.51. The molecule has 0 radical (unpaired) electrons. The van der Waals surface area contributed by atoms with E-state index >= 15 is 0 Å². The standard InChI is InChI=1S/C22H16ClF3O3/c23-19-12-11-16(22(24,25)26)13-18(19)21(15-7-3-1-4-8-15)28-14-20(27)29-17-9-5-2-6-10-17/h1-13,21H,14H2. The molecule has 3 nitrogen and oxygen atoms in total. The summed E-state index contributed by atoms with van der Waals surface area (Å²) in [5, 5.41) is 0.100. The lowest BCUT2D eigenvalue weighted by molar-refractivity contribution is -0.141. The molecule has 0 N–H and O–H groups in total. The molecule has 3 rings (SSSR count). The molecule has 3 aromatic rings. The molecular weight excluding hydrogens is 405 g/mol. The van der Waals surface area contributed by atoms with Crippen LogP contribution < -0.4 is 4.74 Å². The summed E-state index contributed by atoms with van der Waals surface area (Å²) >= 11 is 6.17. The highest BCUT2D eigenvalue weighted by Crippen LogP contribution is 2.37. The van der Waals surface area contributed by atoms with Gasteiger partial charge >= 0.3 is 12.1 Å². The van der Waals surface area contributed by atoms with Crippen LogP contribution >= 0.6 is 11.6 Å². The molecule has 7 heteroatoms. The molecule has 0 saturated heterocycles. The second kappa shape index (κ2) is 9.11. The minimum atomic E-state index is -4.53. The average molecular weight is 421 g/mol. The first-order valence-corrected chi connectivity index (χ1v) is 9.01. The van der Waals surface area contributed by atoms with E-state index in [2.05, 4.69) is 0 Å². The first-order valence-electron chi connectivity index (χ1n) is 8.63. The van der Waals surface area contributed by atoms with Crippen LogP contribution in [0.5, 0.6) is 5.75 Å². The van der Waals surface area contributed by atoms with E-state index in [1.165, 1.54) is 6.07 Å². The van der Waals surface area contributed by atoms with Crippen LogP contribution in [0.4, 0.5) is 13.2 Å². The van der Waals surface area contributed by atoms with Gasteiger partial charge in [-0.1, -0.05) is 60.1 Å². The molecule has 29 heavy (non-hydrogen) atoms. The second-order valence-electron chi connectivity index (χ2n) is 6.12. The van der Waals surface area contributed by atoms with Gasteiger partial charge in [-0.2, -0.15) is 13.2 Å². The van der Waals surface area contributed by atoms with Gasteiger partial charge in [0.15, 0.2) is 0 Å². The van der Waals surface area contributed by atoms with Crippen molar-refractivity contribution >= 4 is 17.6 Å². The summed E-state index contributed by atoms with van der Waals surface area (Å²) in [5.41, 5.74) is -0.185. The van der Waals surface area contributed by atoms with E-state index in [1.54, 1.807) is 60.7 Å². The quantitative estimate of drug-likeness (QED) is 0.358. The first-order chi connectivity index (χ1) is 13.8. The van der Waals surface area contributed by atoms with Crippen molar-refractivity contribution in [3.63, 3.8) is 0 Å². The molecule has 0 bridgehead atoms. The van der Waals surface area contributed by atoms with Crippen LogP contribution in [-0.4, -0.2) is 12.6 Å². The van der Waals surface area contributed by atoms with E-state index in [-0.39, 0.29) is 10.6 Å². The summed E-state index contributed by atoms with van der Waals surface area (Å²) < 4.78 is 50.3. The molecular formula is C22H16ClF3O3. The van der Waals surface area contributed by atoms with Crippen LogP contribution in [0.25, 0.3) is 0 Å². The second-order valence-corrected chi connectivity index (χ2v) is 6.53. The van der Waals surface area contributed by atoms with Crippen molar-refractivity contribution in [3.8, 4) is 5.75 Å². The van der Waals surface area contributed by atoms with Gasteiger partial charge in [-0.15, -0.1) is 0 Å². The normalized spacial score (nSPS) is 12.4. The van der Waals surface area contributed by atoms with Crippen molar-refractivity contribution < 1.29 is 27.4 Å². The summed E-state index contributed by atoms with van der Waals surface area (Å²) in [5.74, 6) is -0.338. The van der Waals surface area contributed by atoms with Gasteiger partial charge < -0.3 is 9.47 Å². The van der Waals surface area contributed by atoms with Crippen LogP contribution in [0.2, 0.25) is 5.02 Å². The average Bonchev–Trinajstić information content (AvgIpc) is 2.70. The van der Waals surface area contributed by atoms with Gasteiger partial charge in [-0.25, -0.2) is 4.79 Å². The number of halogens is 4. The fraction of sp³-hybridized carbons (Fsp3) is 0.136. The van der Waals surface area contributed by atoms with E-state index < -0.39 is 30.4 Å². The molecule has 150 valence electrons. The number of carbonyl (C=O) groups is 1. The molecule has 1 unspecified atom stereocenters. The third-order valence-corrected chi connectivity index (χ3v) is 4.40. The predicted molar refractivity (Wildman–Crippen MR) is 103 cm³/mol. The minimum absolute atomic E-state index is 0.100. The molecule has 1 atom stereocenters. The van der Waals surface area contributed by atoms with Gasteiger partial charge in [0.05, 0.1) is 5.56 Å². The monoisotopic (exact) mass is 420 g/mol. The molecule has 0 amide bonds. The zero-order chi connectivity index (χ0) is 20.9. The smallest absolute Gasteiger partial charge is 0.416 e. The molecule has 3 aromatic carbocycles. The molecule has 0 heterocycles. The van der Waals surface area contributed by atoms with E-state index in [0.717, 1.165) is 12.1 Å². The minimum Gasteiger partial charge on any atom is -0.425 e. The fourth-order valence-corrected chi connectivity index (χ4v) is 2.93. The zero-order valence-corrected chi connectivity index (χ0v) is 15.8. The maximum atomic E-state index is 13.2. The van der Waals surface area contributed by atoms with Gasteiger partial charge in [0.2, 0.25) is 0 Å². The van der Waals surface area contributed by atoms with Crippen LogP contribution in [0.3, 0.4) is 0 Å². The number of benzene rings is 3. The Morgan fingerprint density at radius 1 is 0.931 bits per heavy atom. The number of para-hydroxylation sites is 1. The Kier molecular flexibility index (Phi) is 6.56. The van der Waals surface area contributed by atoms with Crippen molar-refractivity contribution in [2.75, 3.05) is 6.61 Å². The Balaban J connectivity index is 1.86. The maximum absolute atomic E-state index is 13.2. The van der Waals surface area contributed by atoms with Gasteiger partial charge in [0.25, 0.3) is 0 Å². The molecule has 0 aliphatic rings. The Morgan fingerprint density at radius 3 is 2.17 bits per heavy atom. The largest absolute Gasteiger partial charge is 0.425 e. The highest BCUT2D eigenvalue weighted by atomic mass is 35.5. The lowest BCUT2D eigenvalue weighted by atomic mass is 9.99. The topological polar surface area (TPSA) is 35.5 Å². The number of ether oxygens (including phenoxy) is 2. The zero-order valence-electron chi connectivity index (χ0n) is 15.0. The van der Waals surface area contributed by atoms with E-state index in [0.29, 0.717) is 11.3 Å². The molecule has 0 aromatic heterocycles. The van der Waals surface area contributed by atoms with Gasteiger partial charge in [0, 0.05) is 10.6 Å². The Labute approximate surface area is 170 Å². The number of esters is 1. The third-order valence-electron chi connectivity index (χ3n) is 4.05. The molecule has 0 fully saturated rings. The summed E-state index contributed by atoms with van der Waals surface area (Å²) in [7, 11) is 0. The third kappa shape index (κ3) is 5.59. The lowest BCUT2D eigenvalue weighted by Gasteiger charge is -2.21. The highest BCUT2D eigenvalue weighted by Gasteiger charge is 2.32. The summed E-state index contributed by atoms with van der Waals surface area (Å²) in [6, 6.07) is 20.0. The Morgan fingerprint density at radius 2 is 1.55 bits per heavy atom. The van der Waals surface area contributed by atoms with Crippen LogP contribution in [-0.2, 0) is 15.7 Å². The number of hydrogen-bond acceptors (Lipinski definition) is 3. The maximum Gasteiger partial charge on any atom is 0.416 e.